The SMILES string of the molecule is COc1cc(N)ccc1C(=O)NC1CCN(C)CC1C. The number of ether oxygens (including phenoxy) is 1. The summed E-state index contributed by atoms with van der Waals surface area (Å²) in [6, 6.07) is 5.31. The molecule has 0 bridgehead atoms. The Morgan fingerprint density at radius 2 is 2.25 bits per heavy atom. The second kappa shape index (κ2) is 6.13. The summed E-state index contributed by atoms with van der Waals surface area (Å²) < 4.78 is 5.23. The fourth-order valence-corrected chi connectivity index (χ4v) is 2.71. The summed E-state index contributed by atoms with van der Waals surface area (Å²) in [6.45, 7) is 4.18. The average molecular weight is 277 g/mol. The van der Waals surface area contributed by atoms with E-state index in [0.29, 0.717) is 22.9 Å². The van der Waals surface area contributed by atoms with Crippen LogP contribution < -0.4 is 15.8 Å². The number of nitrogens with zero attached hydrogens (tertiary/aromatic N) is 1. The number of nitrogens with one attached hydrogen (secondary N) is 1. The molecule has 2 rings (SSSR count). The molecule has 110 valence electrons. The van der Waals surface area contributed by atoms with E-state index in [1.807, 2.05) is 0 Å². The zero-order valence-electron chi connectivity index (χ0n) is 12.3. The fourth-order valence-electron chi connectivity index (χ4n) is 2.71. The van der Waals surface area contributed by atoms with Crippen LogP contribution in [0.2, 0.25) is 0 Å². The molecule has 5 heteroatoms. The Labute approximate surface area is 120 Å². The highest BCUT2D eigenvalue weighted by Crippen LogP contribution is 2.22. The molecule has 1 aliphatic rings. The summed E-state index contributed by atoms with van der Waals surface area (Å²) in [4.78, 5) is 14.7. The van der Waals surface area contributed by atoms with Crippen molar-refractivity contribution in [3.05, 3.63) is 23.8 Å². The van der Waals surface area contributed by atoms with Gasteiger partial charge >= 0.3 is 0 Å². The van der Waals surface area contributed by atoms with Crippen LogP contribution in [-0.4, -0.2) is 44.1 Å². The van der Waals surface area contributed by atoms with Crippen LogP contribution in [0, 0.1) is 5.92 Å². The van der Waals surface area contributed by atoms with Gasteiger partial charge in [0.05, 0.1) is 12.7 Å². The number of carbonyl (C=O) groups excluding carboxylic acids is 1. The standard InChI is InChI=1S/C15H23N3O2/c1-10-9-18(2)7-6-13(10)17-15(19)12-5-4-11(16)8-14(12)20-3/h4-5,8,10,13H,6-7,9,16H2,1-3H3,(H,17,19). The highest BCUT2D eigenvalue weighted by atomic mass is 16.5. The van der Waals surface area contributed by atoms with Crippen LogP contribution in [0.4, 0.5) is 5.69 Å². The molecule has 0 aliphatic carbocycles. The summed E-state index contributed by atoms with van der Waals surface area (Å²) in [6.07, 6.45) is 0.973. The van der Waals surface area contributed by atoms with Gasteiger partial charge in [0.2, 0.25) is 0 Å². The van der Waals surface area contributed by atoms with Crippen LogP contribution in [0.1, 0.15) is 23.7 Å². The number of hydrogen-bond donors (Lipinski definition) is 2. The Morgan fingerprint density at radius 3 is 2.90 bits per heavy atom. The van der Waals surface area contributed by atoms with Crippen molar-refractivity contribution in [3.63, 3.8) is 0 Å². The monoisotopic (exact) mass is 277 g/mol. The Hall–Kier alpha value is -1.75. The van der Waals surface area contributed by atoms with E-state index in [4.69, 9.17) is 10.5 Å². The topological polar surface area (TPSA) is 67.6 Å². The van der Waals surface area contributed by atoms with Crippen LogP contribution >= 0.6 is 0 Å². The van der Waals surface area contributed by atoms with E-state index in [1.54, 1.807) is 25.3 Å². The summed E-state index contributed by atoms with van der Waals surface area (Å²) in [5, 5.41) is 3.11. The molecule has 1 aliphatic heterocycles. The Bertz CT molecular complexity index is 490. The molecule has 0 aromatic heterocycles. The maximum atomic E-state index is 12.4. The van der Waals surface area contributed by atoms with Gasteiger partial charge < -0.3 is 20.7 Å². The van der Waals surface area contributed by atoms with Crippen LogP contribution in [0.3, 0.4) is 0 Å². The zero-order valence-corrected chi connectivity index (χ0v) is 12.3. The van der Waals surface area contributed by atoms with Crippen LogP contribution in [0.15, 0.2) is 18.2 Å². The third-order valence-corrected chi connectivity index (χ3v) is 3.90. The lowest BCUT2D eigenvalue weighted by Crippen LogP contribution is -2.48. The third kappa shape index (κ3) is 3.22. The highest BCUT2D eigenvalue weighted by molar-refractivity contribution is 5.97. The molecule has 0 radical (unpaired) electrons. The molecule has 1 aromatic rings. The van der Waals surface area contributed by atoms with E-state index in [2.05, 4.69) is 24.2 Å². The predicted molar refractivity (Wildman–Crippen MR) is 79.9 cm³/mol. The minimum absolute atomic E-state index is 0.0942. The largest absolute Gasteiger partial charge is 0.496 e. The number of anilines is 1. The van der Waals surface area contributed by atoms with Gasteiger partial charge in [-0.15, -0.1) is 0 Å². The van der Waals surface area contributed by atoms with Gasteiger partial charge in [0.25, 0.3) is 5.91 Å². The molecular formula is C15H23N3O2. The molecule has 3 N–H and O–H groups in total. The molecule has 5 nitrogen and oxygen atoms in total. The number of nitrogen functional groups attached to an aromatic ring is 1. The first-order chi connectivity index (χ1) is 9.51. The minimum Gasteiger partial charge on any atom is -0.496 e. The molecular weight excluding hydrogens is 254 g/mol. The molecule has 2 unspecified atom stereocenters. The fraction of sp³-hybridized carbons (Fsp3) is 0.533. The van der Waals surface area contributed by atoms with Crippen LogP contribution in [0.5, 0.6) is 5.75 Å². The minimum atomic E-state index is -0.0942. The molecule has 1 heterocycles. The molecule has 1 aromatic carbocycles. The Morgan fingerprint density at radius 1 is 1.50 bits per heavy atom. The lowest BCUT2D eigenvalue weighted by atomic mass is 9.94. The number of benzene rings is 1. The number of likely N-dealkylation sites (tertiary alicyclic amines) is 1. The summed E-state index contributed by atoms with van der Waals surface area (Å²) in [5.74, 6) is 0.865. The second-order valence-electron chi connectivity index (χ2n) is 5.57. The van der Waals surface area contributed by atoms with E-state index >= 15 is 0 Å². The van der Waals surface area contributed by atoms with Crippen LogP contribution in [0.25, 0.3) is 0 Å². The summed E-state index contributed by atoms with van der Waals surface area (Å²) in [7, 11) is 3.65. The zero-order chi connectivity index (χ0) is 14.7. The molecule has 20 heavy (non-hydrogen) atoms. The first-order valence-electron chi connectivity index (χ1n) is 6.94. The van der Waals surface area contributed by atoms with Gasteiger partial charge in [0.15, 0.2) is 0 Å². The molecule has 1 fully saturated rings. The molecule has 1 amide bonds. The normalized spacial score (nSPS) is 23.4. The van der Waals surface area contributed by atoms with Crippen molar-refractivity contribution in [2.24, 2.45) is 5.92 Å². The van der Waals surface area contributed by atoms with E-state index in [9.17, 15) is 4.79 Å². The van der Waals surface area contributed by atoms with Crippen molar-refractivity contribution in [1.29, 1.82) is 0 Å². The number of hydrogen-bond acceptors (Lipinski definition) is 4. The van der Waals surface area contributed by atoms with Gasteiger partial charge in [-0.05, 0) is 38.1 Å². The average Bonchev–Trinajstić information content (AvgIpc) is 2.41. The highest BCUT2D eigenvalue weighted by Gasteiger charge is 2.26. The summed E-state index contributed by atoms with van der Waals surface area (Å²) >= 11 is 0. The second-order valence-corrected chi connectivity index (χ2v) is 5.57. The Balaban J connectivity index is 2.08. The van der Waals surface area contributed by atoms with Gasteiger partial charge in [0.1, 0.15) is 5.75 Å². The maximum Gasteiger partial charge on any atom is 0.255 e. The first-order valence-corrected chi connectivity index (χ1v) is 6.94. The lowest BCUT2D eigenvalue weighted by Gasteiger charge is -2.35. The first kappa shape index (κ1) is 14.7. The number of amides is 1. The van der Waals surface area contributed by atoms with Crippen molar-refractivity contribution in [2.45, 2.75) is 19.4 Å². The maximum absolute atomic E-state index is 12.4. The van der Waals surface area contributed by atoms with E-state index in [0.717, 1.165) is 19.5 Å². The van der Waals surface area contributed by atoms with E-state index in [-0.39, 0.29) is 11.9 Å². The van der Waals surface area contributed by atoms with Gasteiger partial charge in [-0.3, -0.25) is 4.79 Å². The van der Waals surface area contributed by atoms with E-state index in [1.165, 1.54) is 0 Å². The molecule has 0 saturated carbocycles. The van der Waals surface area contributed by atoms with Gasteiger partial charge in [-0.25, -0.2) is 0 Å². The predicted octanol–water partition coefficient (Wildman–Crippen LogP) is 1.35. The van der Waals surface area contributed by atoms with Gasteiger partial charge in [0, 0.05) is 24.3 Å². The van der Waals surface area contributed by atoms with Crippen molar-refractivity contribution in [2.75, 3.05) is 33.0 Å². The third-order valence-electron chi connectivity index (χ3n) is 3.90. The number of methoxy groups -OCH3 is 1. The van der Waals surface area contributed by atoms with E-state index < -0.39 is 0 Å². The molecule has 0 spiro atoms. The molecule has 1 saturated heterocycles. The Kier molecular flexibility index (Phi) is 4.49. The lowest BCUT2D eigenvalue weighted by molar-refractivity contribution is 0.0881. The van der Waals surface area contributed by atoms with Crippen LogP contribution in [-0.2, 0) is 0 Å². The number of nitrogens with two attached hydrogens (primary N) is 1. The molecule has 2 atom stereocenters. The van der Waals surface area contributed by atoms with Crippen molar-refractivity contribution in [1.82, 2.24) is 10.2 Å². The smallest absolute Gasteiger partial charge is 0.255 e. The van der Waals surface area contributed by atoms with Gasteiger partial charge in [-0.2, -0.15) is 0 Å². The number of carbonyl (C=O) groups is 1. The van der Waals surface area contributed by atoms with Gasteiger partial charge in [-0.1, -0.05) is 6.92 Å². The van der Waals surface area contributed by atoms with Crippen molar-refractivity contribution in [3.8, 4) is 5.75 Å². The quantitative estimate of drug-likeness (QED) is 0.818. The summed E-state index contributed by atoms with van der Waals surface area (Å²) in [5.41, 5.74) is 6.83. The van der Waals surface area contributed by atoms with Crippen molar-refractivity contribution >= 4 is 11.6 Å². The van der Waals surface area contributed by atoms with Crippen molar-refractivity contribution < 1.29 is 9.53 Å². The number of piperidine rings is 1. The number of rotatable bonds is 3.